The molecule has 2 rings (SSSR count). The number of methoxy groups -OCH3 is 1. The fraction of sp³-hybridized carbons (Fsp3) is 0.222. The summed E-state index contributed by atoms with van der Waals surface area (Å²) >= 11 is 5.92. The summed E-state index contributed by atoms with van der Waals surface area (Å²) < 4.78 is 5.16. The summed E-state index contributed by atoms with van der Waals surface area (Å²) in [7, 11) is 1.49. The molecule has 6 heteroatoms. The van der Waals surface area contributed by atoms with Crippen molar-refractivity contribution in [2.75, 3.05) is 17.7 Å². The number of hydrogen-bond donors (Lipinski definition) is 2. The van der Waals surface area contributed by atoms with E-state index in [0.29, 0.717) is 22.1 Å². The number of carbonyl (C=O) groups excluding carboxylic acids is 2. The van der Waals surface area contributed by atoms with Gasteiger partial charge in [-0.3, -0.25) is 9.59 Å². The topological polar surface area (TPSA) is 67.4 Å². The number of carbonyl (C=O) groups is 2. The summed E-state index contributed by atoms with van der Waals surface area (Å²) in [6.45, 7) is 3.88. The molecule has 0 aliphatic heterocycles. The lowest BCUT2D eigenvalue weighted by Gasteiger charge is -2.12. The quantitative estimate of drug-likeness (QED) is 0.806. The van der Waals surface area contributed by atoms with Crippen LogP contribution in [0.5, 0.6) is 5.75 Å². The minimum absolute atomic E-state index is 0.303. The summed E-state index contributed by atoms with van der Waals surface area (Å²) in [4.78, 5) is 24.1. The molecule has 0 radical (unpaired) electrons. The Labute approximate surface area is 146 Å². The van der Waals surface area contributed by atoms with Crippen LogP contribution in [-0.2, 0) is 9.59 Å². The fourth-order valence-electron chi connectivity index (χ4n) is 2.20. The van der Waals surface area contributed by atoms with Crippen molar-refractivity contribution in [2.24, 2.45) is 0 Å². The highest BCUT2D eigenvalue weighted by Gasteiger charge is 2.13. The van der Waals surface area contributed by atoms with Crippen molar-refractivity contribution < 1.29 is 14.3 Å². The Hall–Kier alpha value is -2.53. The third-order valence-electron chi connectivity index (χ3n) is 3.64. The van der Waals surface area contributed by atoms with E-state index in [-0.39, 0.29) is 12.3 Å². The van der Waals surface area contributed by atoms with Crippen molar-refractivity contribution in [1.82, 2.24) is 0 Å². The highest BCUT2D eigenvalue weighted by atomic mass is 35.5. The molecule has 0 saturated heterocycles. The SMILES string of the molecule is COc1ccc(Cl)cc1NC(=O)CC(=O)Nc1cccc(C)c1C. The first-order valence-electron chi connectivity index (χ1n) is 7.40. The van der Waals surface area contributed by atoms with Crippen LogP contribution < -0.4 is 15.4 Å². The van der Waals surface area contributed by atoms with Gasteiger partial charge in [-0.2, -0.15) is 0 Å². The number of anilines is 2. The molecule has 5 nitrogen and oxygen atoms in total. The fourth-order valence-corrected chi connectivity index (χ4v) is 2.37. The van der Waals surface area contributed by atoms with Gasteiger partial charge in [0.1, 0.15) is 12.2 Å². The van der Waals surface area contributed by atoms with Gasteiger partial charge in [-0.15, -0.1) is 0 Å². The molecule has 0 aliphatic carbocycles. The molecule has 2 aromatic rings. The molecular formula is C18H19ClN2O3. The molecule has 24 heavy (non-hydrogen) atoms. The number of amides is 2. The Bertz CT molecular complexity index is 775. The Morgan fingerprint density at radius 1 is 1.04 bits per heavy atom. The van der Waals surface area contributed by atoms with E-state index < -0.39 is 5.91 Å². The maximum absolute atomic E-state index is 12.1. The van der Waals surface area contributed by atoms with Gasteiger partial charge in [0.05, 0.1) is 12.8 Å². The molecule has 2 N–H and O–H groups in total. The van der Waals surface area contributed by atoms with Gasteiger partial charge < -0.3 is 15.4 Å². The van der Waals surface area contributed by atoms with E-state index in [9.17, 15) is 9.59 Å². The zero-order chi connectivity index (χ0) is 17.7. The zero-order valence-corrected chi connectivity index (χ0v) is 14.5. The maximum Gasteiger partial charge on any atom is 0.233 e. The summed E-state index contributed by atoms with van der Waals surface area (Å²) in [5.41, 5.74) is 3.17. The third kappa shape index (κ3) is 4.49. The second kappa shape index (κ2) is 7.84. The number of aryl methyl sites for hydroxylation is 1. The van der Waals surface area contributed by atoms with Gasteiger partial charge in [0.2, 0.25) is 11.8 Å². The van der Waals surface area contributed by atoms with Crippen molar-refractivity contribution in [3.63, 3.8) is 0 Å². The molecule has 0 aromatic heterocycles. The van der Waals surface area contributed by atoms with Crippen LogP contribution in [-0.4, -0.2) is 18.9 Å². The molecule has 0 heterocycles. The Kier molecular flexibility index (Phi) is 5.82. The van der Waals surface area contributed by atoms with E-state index in [0.717, 1.165) is 11.1 Å². The van der Waals surface area contributed by atoms with E-state index in [1.54, 1.807) is 24.3 Å². The average Bonchev–Trinajstić information content (AvgIpc) is 2.52. The molecule has 0 fully saturated rings. The van der Waals surface area contributed by atoms with Crippen LogP contribution in [0.1, 0.15) is 17.5 Å². The first-order chi connectivity index (χ1) is 11.4. The maximum atomic E-state index is 12.1. The lowest BCUT2D eigenvalue weighted by atomic mass is 10.1. The van der Waals surface area contributed by atoms with E-state index in [4.69, 9.17) is 16.3 Å². The summed E-state index contributed by atoms with van der Waals surface area (Å²) in [6, 6.07) is 10.5. The van der Waals surface area contributed by atoms with Crippen LogP contribution >= 0.6 is 11.6 Å². The minimum Gasteiger partial charge on any atom is -0.495 e. The number of benzene rings is 2. The largest absolute Gasteiger partial charge is 0.495 e. The van der Waals surface area contributed by atoms with Crippen LogP contribution in [0.4, 0.5) is 11.4 Å². The molecule has 2 aromatic carbocycles. The highest BCUT2D eigenvalue weighted by molar-refractivity contribution is 6.31. The summed E-state index contributed by atoms with van der Waals surface area (Å²) in [6.07, 6.45) is -0.303. The molecule has 0 bridgehead atoms. The van der Waals surface area contributed by atoms with Gasteiger partial charge in [0, 0.05) is 10.7 Å². The average molecular weight is 347 g/mol. The lowest BCUT2D eigenvalue weighted by molar-refractivity contribution is -0.123. The molecular weight excluding hydrogens is 328 g/mol. The van der Waals surface area contributed by atoms with Crippen molar-refractivity contribution in [1.29, 1.82) is 0 Å². The van der Waals surface area contributed by atoms with Gasteiger partial charge in [-0.1, -0.05) is 23.7 Å². The number of nitrogens with one attached hydrogen (secondary N) is 2. The predicted molar refractivity (Wildman–Crippen MR) is 95.8 cm³/mol. The second-order valence-electron chi connectivity index (χ2n) is 5.37. The van der Waals surface area contributed by atoms with Gasteiger partial charge in [0.15, 0.2) is 0 Å². The molecule has 126 valence electrons. The van der Waals surface area contributed by atoms with Gasteiger partial charge in [0.25, 0.3) is 0 Å². The van der Waals surface area contributed by atoms with Crippen LogP contribution in [0.15, 0.2) is 36.4 Å². The van der Waals surface area contributed by atoms with Gasteiger partial charge in [-0.25, -0.2) is 0 Å². The van der Waals surface area contributed by atoms with Crippen molar-refractivity contribution in [2.45, 2.75) is 20.3 Å². The Morgan fingerprint density at radius 3 is 2.38 bits per heavy atom. The van der Waals surface area contributed by atoms with Crippen LogP contribution in [0, 0.1) is 13.8 Å². The second-order valence-corrected chi connectivity index (χ2v) is 5.80. The number of hydrogen-bond acceptors (Lipinski definition) is 3. The van der Waals surface area contributed by atoms with Gasteiger partial charge >= 0.3 is 0 Å². The summed E-state index contributed by atoms with van der Waals surface area (Å²) in [5, 5.41) is 5.85. The molecule has 0 saturated carbocycles. The van der Waals surface area contributed by atoms with Gasteiger partial charge in [-0.05, 0) is 49.2 Å². The Balaban J connectivity index is 2.01. The first kappa shape index (κ1) is 17.8. The van der Waals surface area contributed by atoms with Crippen LogP contribution in [0.2, 0.25) is 5.02 Å². The van der Waals surface area contributed by atoms with Crippen molar-refractivity contribution in [3.05, 3.63) is 52.5 Å². The van der Waals surface area contributed by atoms with Crippen molar-refractivity contribution >= 4 is 34.8 Å². The van der Waals surface area contributed by atoms with Crippen molar-refractivity contribution in [3.8, 4) is 5.75 Å². The molecule has 0 spiro atoms. The van der Waals surface area contributed by atoms with E-state index in [2.05, 4.69) is 10.6 Å². The van der Waals surface area contributed by atoms with E-state index >= 15 is 0 Å². The first-order valence-corrected chi connectivity index (χ1v) is 7.78. The van der Waals surface area contributed by atoms with Crippen LogP contribution in [0.25, 0.3) is 0 Å². The lowest BCUT2D eigenvalue weighted by Crippen LogP contribution is -2.22. The zero-order valence-electron chi connectivity index (χ0n) is 13.8. The highest BCUT2D eigenvalue weighted by Crippen LogP contribution is 2.27. The van der Waals surface area contributed by atoms with E-state index in [1.807, 2.05) is 26.0 Å². The third-order valence-corrected chi connectivity index (χ3v) is 3.87. The Morgan fingerprint density at radius 2 is 1.71 bits per heavy atom. The summed E-state index contributed by atoms with van der Waals surface area (Å²) in [5.74, 6) is -0.358. The minimum atomic E-state index is -0.446. The predicted octanol–water partition coefficient (Wildman–Crippen LogP) is 3.93. The molecule has 0 aliphatic rings. The normalized spacial score (nSPS) is 10.2. The monoisotopic (exact) mass is 346 g/mol. The van der Waals surface area contributed by atoms with Crippen LogP contribution in [0.3, 0.4) is 0 Å². The number of rotatable bonds is 5. The standard InChI is InChI=1S/C18H19ClN2O3/c1-11-5-4-6-14(12(11)2)20-17(22)10-18(23)21-15-9-13(19)7-8-16(15)24-3/h4-9H,10H2,1-3H3,(H,20,22)(H,21,23). The number of ether oxygens (including phenoxy) is 1. The number of halogens is 1. The molecule has 0 atom stereocenters. The molecule has 0 unspecified atom stereocenters. The molecule has 2 amide bonds. The van der Waals surface area contributed by atoms with E-state index in [1.165, 1.54) is 7.11 Å². The smallest absolute Gasteiger partial charge is 0.233 e.